The minimum absolute atomic E-state index is 0.0580. The van der Waals surface area contributed by atoms with E-state index in [-0.39, 0.29) is 18.7 Å². The van der Waals surface area contributed by atoms with E-state index in [1.54, 1.807) is 0 Å². The average Bonchev–Trinajstić information content (AvgIpc) is 2.24. The van der Waals surface area contributed by atoms with Gasteiger partial charge in [0.15, 0.2) is 0 Å². The predicted molar refractivity (Wildman–Crippen MR) is 53.2 cm³/mol. The smallest absolute Gasteiger partial charge is 0.382 e. The number of β-amino-alcohol motifs (C(OH)–C–C–N with tert-alkyl or cyclic N) is 1. The summed E-state index contributed by atoms with van der Waals surface area (Å²) in [7, 11) is 0. The predicted octanol–water partition coefficient (Wildman–Crippen LogP) is 2.13. The standard InChI is InChI=1S/C11H10F5NO/c12-10(13,11(14,15)16)8-3-1-2-7(4-8)9(18)5-17-6-9/h1-4,17-18H,5-6H2. The van der Waals surface area contributed by atoms with Crippen LogP contribution in [0.5, 0.6) is 0 Å². The van der Waals surface area contributed by atoms with Crippen molar-refractivity contribution in [1.82, 2.24) is 5.32 Å². The molecule has 1 heterocycles. The highest BCUT2D eigenvalue weighted by atomic mass is 19.4. The number of alkyl halides is 5. The molecule has 100 valence electrons. The van der Waals surface area contributed by atoms with Gasteiger partial charge in [-0.25, -0.2) is 0 Å². The third kappa shape index (κ3) is 1.97. The van der Waals surface area contributed by atoms with Crippen molar-refractivity contribution in [2.75, 3.05) is 13.1 Å². The molecule has 0 aromatic heterocycles. The maximum atomic E-state index is 13.1. The summed E-state index contributed by atoms with van der Waals surface area (Å²) in [5.74, 6) is -4.92. The lowest BCUT2D eigenvalue weighted by atomic mass is 9.86. The van der Waals surface area contributed by atoms with Crippen LogP contribution in [0.4, 0.5) is 22.0 Å². The van der Waals surface area contributed by atoms with Crippen LogP contribution in [-0.4, -0.2) is 24.4 Å². The highest BCUT2D eigenvalue weighted by molar-refractivity contribution is 5.33. The van der Waals surface area contributed by atoms with Gasteiger partial charge in [-0.05, 0) is 11.6 Å². The largest absolute Gasteiger partial charge is 0.458 e. The van der Waals surface area contributed by atoms with Gasteiger partial charge in [0.05, 0.1) is 0 Å². The first kappa shape index (κ1) is 13.2. The van der Waals surface area contributed by atoms with E-state index in [4.69, 9.17) is 0 Å². The van der Waals surface area contributed by atoms with Crippen LogP contribution < -0.4 is 5.32 Å². The first-order valence-electron chi connectivity index (χ1n) is 5.15. The van der Waals surface area contributed by atoms with Crippen LogP contribution in [0.3, 0.4) is 0 Å². The monoisotopic (exact) mass is 267 g/mol. The van der Waals surface area contributed by atoms with E-state index < -0.39 is 23.3 Å². The fourth-order valence-electron chi connectivity index (χ4n) is 1.73. The molecule has 2 N–H and O–H groups in total. The summed E-state index contributed by atoms with van der Waals surface area (Å²) in [6.45, 7) is 0.266. The molecule has 0 spiro atoms. The van der Waals surface area contributed by atoms with Crippen molar-refractivity contribution in [3.63, 3.8) is 0 Å². The molecule has 0 saturated carbocycles. The Morgan fingerprint density at radius 3 is 2.17 bits per heavy atom. The molecular weight excluding hydrogens is 257 g/mol. The summed E-state index contributed by atoms with van der Waals surface area (Å²) in [5.41, 5.74) is -2.46. The highest BCUT2D eigenvalue weighted by Gasteiger charge is 2.58. The van der Waals surface area contributed by atoms with Gasteiger partial charge in [-0.1, -0.05) is 18.2 Å². The fourth-order valence-corrected chi connectivity index (χ4v) is 1.73. The quantitative estimate of drug-likeness (QED) is 0.805. The van der Waals surface area contributed by atoms with Gasteiger partial charge in [0.1, 0.15) is 5.60 Å². The average molecular weight is 267 g/mol. The fraction of sp³-hybridized carbons (Fsp3) is 0.455. The summed E-state index contributed by atoms with van der Waals surface area (Å²) in [6.07, 6.45) is -5.65. The van der Waals surface area contributed by atoms with Crippen molar-refractivity contribution >= 4 is 0 Å². The minimum atomic E-state index is -5.65. The molecule has 1 aliphatic heterocycles. The normalized spacial score (nSPS) is 19.4. The molecule has 0 unspecified atom stereocenters. The molecule has 18 heavy (non-hydrogen) atoms. The maximum absolute atomic E-state index is 13.1. The maximum Gasteiger partial charge on any atom is 0.458 e. The number of rotatable bonds is 2. The minimum Gasteiger partial charge on any atom is -0.382 e. The van der Waals surface area contributed by atoms with Gasteiger partial charge in [-0.2, -0.15) is 22.0 Å². The Bertz CT molecular complexity index is 453. The Hall–Kier alpha value is -1.21. The lowest BCUT2D eigenvalue weighted by Crippen LogP contribution is -2.56. The molecule has 1 aromatic rings. The van der Waals surface area contributed by atoms with E-state index in [1.807, 2.05) is 0 Å². The lowest BCUT2D eigenvalue weighted by Gasteiger charge is -2.38. The number of halogens is 5. The second-order valence-electron chi connectivity index (χ2n) is 4.29. The molecule has 0 amide bonds. The molecule has 1 aromatic carbocycles. The Morgan fingerprint density at radius 1 is 1.11 bits per heavy atom. The highest BCUT2D eigenvalue weighted by Crippen LogP contribution is 2.44. The number of aliphatic hydroxyl groups is 1. The van der Waals surface area contributed by atoms with Crippen molar-refractivity contribution in [1.29, 1.82) is 0 Å². The number of nitrogens with one attached hydrogen (secondary N) is 1. The van der Waals surface area contributed by atoms with Crippen molar-refractivity contribution in [2.24, 2.45) is 0 Å². The number of hydrogen-bond donors (Lipinski definition) is 2. The van der Waals surface area contributed by atoms with Gasteiger partial charge in [0.2, 0.25) is 0 Å². The zero-order valence-electron chi connectivity index (χ0n) is 9.06. The molecule has 1 fully saturated rings. The van der Waals surface area contributed by atoms with E-state index in [0.717, 1.165) is 6.07 Å². The first-order chi connectivity index (χ1) is 8.17. The Labute approximate surface area is 99.4 Å². The second-order valence-corrected chi connectivity index (χ2v) is 4.29. The Kier molecular flexibility index (Phi) is 2.86. The molecule has 1 saturated heterocycles. The van der Waals surface area contributed by atoms with E-state index in [9.17, 15) is 27.1 Å². The van der Waals surface area contributed by atoms with E-state index in [2.05, 4.69) is 5.32 Å². The zero-order valence-corrected chi connectivity index (χ0v) is 9.06. The SMILES string of the molecule is OC1(c2cccc(C(F)(F)C(F)(F)F)c2)CNC1. The molecule has 1 aliphatic rings. The third-order valence-electron chi connectivity index (χ3n) is 2.95. The summed E-state index contributed by atoms with van der Waals surface area (Å²) < 4.78 is 62.9. The first-order valence-corrected chi connectivity index (χ1v) is 5.15. The van der Waals surface area contributed by atoms with Gasteiger partial charge < -0.3 is 10.4 Å². The molecule has 0 bridgehead atoms. The molecule has 0 atom stereocenters. The van der Waals surface area contributed by atoms with Gasteiger partial charge in [-0.3, -0.25) is 0 Å². The Balaban J connectivity index is 2.39. The Morgan fingerprint density at radius 2 is 1.72 bits per heavy atom. The van der Waals surface area contributed by atoms with Crippen LogP contribution >= 0.6 is 0 Å². The lowest BCUT2D eigenvalue weighted by molar-refractivity contribution is -0.289. The van der Waals surface area contributed by atoms with Crippen molar-refractivity contribution in [2.45, 2.75) is 17.7 Å². The summed E-state index contributed by atoms with van der Waals surface area (Å²) >= 11 is 0. The van der Waals surface area contributed by atoms with Crippen molar-refractivity contribution < 1.29 is 27.1 Å². The molecule has 0 aliphatic carbocycles. The van der Waals surface area contributed by atoms with Crippen LogP contribution in [0.2, 0.25) is 0 Å². The van der Waals surface area contributed by atoms with Gasteiger partial charge in [-0.15, -0.1) is 0 Å². The molecule has 2 rings (SSSR count). The summed E-state index contributed by atoms with van der Waals surface area (Å²) in [4.78, 5) is 0. The van der Waals surface area contributed by atoms with E-state index >= 15 is 0 Å². The molecule has 0 radical (unpaired) electrons. The van der Waals surface area contributed by atoms with E-state index in [0.29, 0.717) is 12.1 Å². The van der Waals surface area contributed by atoms with Crippen LogP contribution in [0, 0.1) is 0 Å². The number of hydrogen-bond acceptors (Lipinski definition) is 2. The molecule has 7 heteroatoms. The van der Waals surface area contributed by atoms with Crippen LogP contribution in [-0.2, 0) is 11.5 Å². The summed E-state index contributed by atoms with van der Waals surface area (Å²) in [5, 5.41) is 12.6. The van der Waals surface area contributed by atoms with Gasteiger partial charge >= 0.3 is 12.1 Å². The zero-order chi connectivity index (χ0) is 13.6. The number of benzene rings is 1. The van der Waals surface area contributed by atoms with Crippen LogP contribution in [0.25, 0.3) is 0 Å². The summed E-state index contributed by atoms with van der Waals surface area (Å²) in [6, 6.07) is 3.82. The van der Waals surface area contributed by atoms with Crippen molar-refractivity contribution in [3.05, 3.63) is 35.4 Å². The van der Waals surface area contributed by atoms with Gasteiger partial charge in [0, 0.05) is 18.7 Å². The van der Waals surface area contributed by atoms with Crippen LogP contribution in [0.1, 0.15) is 11.1 Å². The third-order valence-corrected chi connectivity index (χ3v) is 2.95. The van der Waals surface area contributed by atoms with Crippen LogP contribution in [0.15, 0.2) is 24.3 Å². The molecular formula is C11H10F5NO. The van der Waals surface area contributed by atoms with Crippen molar-refractivity contribution in [3.8, 4) is 0 Å². The topological polar surface area (TPSA) is 32.3 Å². The van der Waals surface area contributed by atoms with E-state index in [1.165, 1.54) is 6.07 Å². The molecule has 2 nitrogen and oxygen atoms in total. The van der Waals surface area contributed by atoms with Gasteiger partial charge in [0.25, 0.3) is 0 Å². The second kappa shape index (κ2) is 3.89.